The fourth-order valence-electron chi connectivity index (χ4n) is 1.65. The number of furan rings is 1. The number of aromatic nitrogens is 1. The quantitative estimate of drug-likeness (QED) is 0.834. The van der Waals surface area contributed by atoms with Crippen LogP contribution in [0.15, 0.2) is 27.1 Å². The van der Waals surface area contributed by atoms with Gasteiger partial charge in [-0.1, -0.05) is 5.16 Å². The monoisotopic (exact) mass is 264 g/mol. The minimum Gasteiger partial charge on any atom is -0.463 e. The second-order valence-corrected chi connectivity index (χ2v) is 4.23. The Morgan fingerprint density at radius 2 is 2.32 bits per heavy atom. The molecule has 2 rings (SSSR count). The molecule has 0 aliphatic carbocycles. The SMILES string of the molecule is COC(=O)c1ccc(C(C)NCc2cc(C)no2)o1. The Morgan fingerprint density at radius 1 is 1.53 bits per heavy atom. The Morgan fingerprint density at radius 3 is 2.95 bits per heavy atom. The summed E-state index contributed by atoms with van der Waals surface area (Å²) in [5, 5.41) is 7.03. The molecule has 1 N–H and O–H groups in total. The second kappa shape index (κ2) is 5.71. The molecule has 6 heteroatoms. The van der Waals surface area contributed by atoms with Gasteiger partial charge in [0, 0.05) is 6.07 Å². The lowest BCUT2D eigenvalue weighted by Gasteiger charge is -2.09. The van der Waals surface area contributed by atoms with Crippen molar-refractivity contribution < 1.29 is 18.5 Å². The molecule has 1 unspecified atom stereocenters. The maximum Gasteiger partial charge on any atom is 0.373 e. The lowest BCUT2D eigenvalue weighted by molar-refractivity contribution is 0.0562. The molecule has 0 radical (unpaired) electrons. The summed E-state index contributed by atoms with van der Waals surface area (Å²) in [7, 11) is 1.32. The van der Waals surface area contributed by atoms with Crippen LogP contribution in [0.1, 0.15) is 40.7 Å². The van der Waals surface area contributed by atoms with Crippen molar-refractivity contribution in [1.29, 1.82) is 0 Å². The van der Waals surface area contributed by atoms with Gasteiger partial charge in [-0.25, -0.2) is 4.79 Å². The van der Waals surface area contributed by atoms with Gasteiger partial charge in [0.05, 0.1) is 25.4 Å². The second-order valence-electron chi connectivity index (χ2n) is 4.23. The zero-order chi connectivity index (χ0) is 13.8. The highest BCUT2D eigenvalue weighted by atomic mass is 16.5. The van der Waals surface area contributed by atoms with E-state index in [1.54, 1.807) is 12.1 Å². The van der Waals surface area contributed by atoms with E-state index < -0.39 is 5.97 Å². The van der Waals surface area contributed by atoms with Crippen LogP contribution in [-0.4, -0.2) is 18.2 Å². The first kappa shape index (κ1) is 13.4. The number of carbonyl (C=O) groups is 1. The van der Waals surface area contributed by atoms with Crippen LogP contribution in [-0.2, 0) is 11.3 Å². The Hall–Kier alpha value is -2.08. The molecule has 2 aromatic heterocycles. The van der Waals surface area contributed by atoms with Gasteiger partial charge in [-0.15, -0.1) is 0 Å². The molecule has 6 nitrogen and oxygen atoms in total. The molecule has 0 bridgehead atoms. The Bertz CT molecular complexity index is 558. The summed E-state index contributed by atoms with van der Waals surface area (Å²) in [5.74, 6) is 1.13. The Kier molecular flexibility index (Phi) is 4.01. The van der Waals surface area contributed by atoms with Gasteiger partial charge in [0.2, 0.25) is 5.76 Å². The third-order valence-electron chi connectivity index (χ3n) is 2.70. The molecule has 2 heterocycles. The van der Waals surface area contributed by atoms with Gasteiger partial charge in [0.25, 0.3) is 0 Å². The lowest BCUT2D eigenvalue weighted by Crippen LogP contribution is -2.17. The minimum absolute atomic E-state index is 0.0520. The normalized spacial score (nSPS) is 12.4. The number of carbonyl (C=O) groups excluding carboxylic acids is 1. The summed E-state index contributed by atoms with van der Waals surface area (Å²) in [6.45, 7) is 4.34. The van der Waals surface area contributed by atoms with Crippen molar-refractivity contribution in [2.45, 2.75) is 26.4 Å². The van der Waals surface area contributed by atoms with Crippen LogP contribution in [0.4, 0.5) is 0 Å². The van der Waals surface area contributed by atoms with Crippen molar-refractivity contribution in [3.63, 3.8) is 0 Å². The molecule has 0 amide bonds. The fourth-order valence-corrected chi connectivity index (χ4v) is 1.65. The molecule has 102 valence electrons. The maximum absolute atomic E-state index is 11.3. The third-order valence-corrected chi connectivity index (χ3v) is 2.70. The van der Waals surface area contributed by atoms with E-state index in [0.29, 0.717) is 12.3 Å². The zero-order valence-corrected chi connectivity index (χ0v) is 11.1. The molecular formula is C13H16N2O4. The van der Waals surface area contributed by atoms with Crippen molar-refractivity contribution >= 4 is 5.97 Å². The van der Waals surface area contributed by atoms with E-state index in [-0.39, 0.29) is 11.8 Å². The molecule has 0 saturated heterocycles. The van der Waals surface area contributed by atoms with Crippen LogP contribution in [0.2, 0.25) is 0 Å². The third kappa shape index (κ3) is 3.23. The van der Waals surface area contributed by atoms with E-state index in [0.717, 1.165) is 11.5 Å². The summed E-state index contributed by atoms with van der Waals surface area (Å²) in [6.07, 6.45) is 0. The van der Waals surface area contributed by atoms with Gasteiger partial charge in [0.1, 0.15) is 5.76 Å². The Balaban J connectivity index is 1.94. The summed E-state index contributed by atoms with van der Waals surface area (Å²) in [5.41, 5.74) is 0.843. The van der Waals surface area contributed by atoms with Gasteiger partial charge >= 0.3 is 5.97 Å². The molecule has 0 saturated carbocycles. The average Bonchev–Trinajstić information content (AvgIpc) is 3.04. The van der Waals surface area contributed by atoms with E-state index in [1.165, 1.54) is 7.11 Å². The van der Waals surface area contributed by atoms with Crippen LogP contribution in [0, 0.1) is 6.92 Å². The van der Waals surface area contributed by atoms with Gasteiger partial charge in [-0.2, -0.15) is 0 Å². The largest absolute Gasteiger partial charge is 0.463 e. The average molecular weight is 264 g/mol. The maximum atomic E-state index is 11.3. The van der Waals surface area contributed by atoms with E-state index in [4.69, 9.17) is 8.94 Å². The van der Waals surface area contributed by atoms with Crippen LogP contribution < -0.4 is 5.32 Å². The van der Waals surface area contributed by atoms with Crippen LogP contribution in [0.3, 0.4) is 0 Å². The number of methoxy groups -OCH3 is 1. The molecule has 19 heavy (non-hydrogen) atoms. The molecule has 2 aromatic rings. The predicted molar refractivity (Wildman–Crippen MR) is 66.5 cm³/mol. The summed E-state index contributed by atoms with van der Waals surface area (Å²) in [6, 6.07) is 5.15. The van der Waals surface area contributed by atoms with E-state index in [1.807, 2.05) is 19.9 Å². The number of nitrogens with one attached hydrogen (secondary N) is 1. The fraction of sp³-hybridized carbons (Fsp3) is 0.385. The molecule has 0 aliphatic rings. The summed E-state index contributed by atoms with van der Waals surface area (Å²) in [4.78, 5) is 11.3. The van der Waals surface area contributed by atoms with Gasteiger partial charge in [-0.3, -0.25) is 0 Å². The summed E-state index contributed by atoms with van der Waals surface area (Å²) >= 11 is 0. The van der Waals surface area contributed by atoms with E-state index in [2.05, 4.69) is 15.2 Å². The van der Waals surface area contributed by atoms with Crippen LogP contribution in [0.5, 0.6) is 0 Å². The molecular weight excluding hydrogens is 248 g/mol. The first-order valence-electron chi connectivity index (χ1n) is 5.93. The van der Waals surface area contributed by atoms with E-state index >= 15 is 0 Å². The van der Waals surface area contributed by atoms with Crippen molar-refractivity contribution in [3.05, 3.63) is 41.2 Å². The van der Waals surface area contributed by atoms with Gasteiger partial charge in [-0.05, 0) is 26.0 Å². The van der Waals surface area contributed by atoms with E-state index in [9.17, 15) is 4.79 Å². The number of nitrogens with zero attached hydrogens (tertiary/aromatic N) is 1. The number of esters is 1. The number of hydrogen-bond acceptors (Lipinski definition) is 6. The predicted octanol–water partition coefficient (Wildman–Crippen LogP) is 2.21. The zero-order valence-electron chi connectivity index (χ0n) is 11.1. The number of rotatable bonds is 5. The Labute approximate surface area is 110 Å². The molecule has 1 atom stereocenters. The van der Waals surface area contributed by atoms with Crippen molar-refractivity contribution in [2.24, 2.45) is 0 Å². The van der Waals surface area contributed by atoms with Crippen molar-refractivity contribution in [1.82, 2.24) is 10.5 Å². The number of hydrogen-bond donors (Lipinski definition) is 1. The van der Waals surface area contributed by atoms with Crippen molar-refractivity contribution in [3.8, 4) is 0 Å². The minimum atomic E-state index is -0.482. The van der Waals surface area contributed by atoms with Crippen molar-refractivity contribution in [2.75, 3.05) is 7.11 Å². The highest BCUT2D eigenvalue weighted by molar-refractivity contribution is 5.86. The standard InChI is InChI=1S/C13H16N2O4/c1-8-6-10(19-15-8)7-14-9(2)11-4-5-12(18-11)13(16)17-3/h4-6,9,14H,7H2,1-3H3. The highest BCUT2D eigenvalue weighted by Gasteiger charge is 2.15. The van der Waals surface area contributed by atoms with Crippen LogP contribution in [0.25, 0.3) is 0 Å². The van der Waals surface area contributed by atoms with Gasteiger partial charge in [0.15, 0.2) is 5.76 Å². The van der Waals surface area contributed by atoms with Crippen LogP contribution >= 0.6 is 0 Å². The first-order valence-corrected chi connectivity index (χ1v) is 5.93. The molecule has 0 fully saturated rings. The summed E-state index contributed by atoms with van der Waals surface area (Å²) < 4.78 is 15.1. The lowest BCUT2D eigenvalue weighted by atomic mass is 10.2. The smallest absolute Gasteiger partial charge is 0.373 e. The molecule has 0 spiro atoms. The van der Waals surface area contributed by atoms with Gasteiger partial charge < -0.3 is 19.0 Å². The first-order chi connectivity index (χ1) is 9.10. The number of ether oxygens (including phenoxy) is 1. The molecule has 0 aliphatic heterocycles. The topological polar surface area (TPSA) is 77.5 Å². The number of aryl methyl sites for hydroxylation is 1. The highest BCUT2D eigenvalue weighted by Crippen LogP contribution is 2.17. The molecule has 0 aromatic carbocycles.